The molecule has 0 aliphatic heterocycles. The summed E-state index contributed by atoms with van der Waals surface area (Å²) < 4.78 is 11.1. The van der Waals surface area contributed by atoms with Gasteiger partial charge in [-0.15, -0.1) is 0 Å². The van der Waals surface area contributed by atoms with E-state index in [1.807, 2.05) is 0 Å². The van der Waals surface area contributed by atoms with Crippen molar-refractivity contribution < 1.29 is 13.9 Å². The molecule has 0 bridgehead atoms. The van der Waals surface area contributed by atoms with E-state index in [0.717, 1.165) is 0 Å². The van der Waals surface area contributed by atoms with Gasteiger partial charge in [-0.05, 0) is 44.8 Å². The van der Waals surface area contributed by atoms with E-state index in [1.54, 1.807) is 19.1 Å². The average molecular weight is 349 g/mol. The molecule has 0 radical (unpaired) electrons. The van der Waals surface area contributed by atoms with Crippen molar-refractivity contribution >= 4 is 43.9 Å². The van der Waals surface area contributed by atoms with Crippen molar-refractivity contribution in [1.29, 1.82) is 5.26 Å². The number of carbonyl (C=O) groups is 1. The zero-order chi connectivity index (χ0) is 12.1. The van der Waals surface area contributed by atoms with Gasteiger partial charge in [0.15, 0.2) is 4.67 Å². The van der Waals surface area contributed by atoms with Crippen LogP contribution in [0.5, 0.6) is 0 Å². The molecule has 0 spiro atoms. The molecule has 1 aromatic heterocycles. The molecule has 1 heterocycles. The molecule has 0 aliphatic carbocycles. The summed E-state index contributed by atoms with van der Waals surface area (Å²) in [7, 11) is 0. The number of furan rings is 1. The number of halogens is 2. The van der Waals surface area contributed by atoms with Gasteiger partial charge in [-0.3, -0.25) is 0 Å². The van der Waals surface area contributed by atoms with Gasteiger partial charge in [0, 0.05) is 6.08 Å². The first-order valence-electron chi connectivity index (χ1n) is 4.32. The number of rotatable bonds is 3. The average Bonchev–Trinajstić information content (AvgIpc) is 2.55. The van der Waals surface area contributed by atoms with Crippen molar-refractivity contribution in [1.82, 2.24) is 0 Å². The maximum absolute atomic E-state index is 11.3. The van der Waals surface area contributed by atoms with Gasteiger partial charge in [-0.2, -0.15) is 5.26 Å². The summed E-state index contributed by atoms with van der Waals surface area (Å²) in [6, 6.07) is 3.40. The standard InChI is InChI=1S/C10H7Br2NO3/c1-2-15-10(14)6(5-13)3-7-4-8(11)9(12)16-7/h3-4H,2H2,1H3. The number of nitrogens with zero attached hydrogens (tertiary/aromatic N) is 1. The SMILES string of the molecule is CCOC(=O)C(C#N)=Cc1cc(Br)c(Br)o1. The van der Waals surface area contributed by atoms with Gasteiger partial charge in [0.25, 0.3) is 0 Å². The molecule has 16 heavy (non-hydrogen) atoms. The molecule has 0 N–H and O–H groups in total. The lowest BCUT2D eigenvalue weighted by Crippen LogP contribution is -2.05. The van der Waals surface area contributed by atoms with Crippen LogP contribution < -0.4 is 0 Å². The second-order valence-corrected chi connectivity index (χ2v) is 4.24. The van der Waals surface area contributed by atoms with Crippen molar-refractivity contribution in [2.45, 2.75) is 6.92 Å². The van der Waals surface area contributed by atoms with Crippen LogP contribution >= 0.6 is 31.9 Å². The Balaban J connectivity index is 2.97. The van der Waals surface area contributed by atoms with Crippen LogP contribution in [0, 0.1) is 11.3 Å². The third-order valence-corrected chi connectivity index (χ3v) is 3.28. The quantitative estimate of drug-likeness (QED) is 0.477. The number of nitriles is 1. The molecule has 0 aromatic carbocycles. The summed E-state index contributed by atoms with van der Waals surface area (Å²) in [5, 5.41) is 8.78. The third kappa shape index (κ3) is 3.22. The third-order valence-electron chi connectivity index (χ3n) is 1.57. The molecule has 84 valence electrons. The molecule has 0 aliphatic rings. The highest BCUT2D eigenvalue weighted by atomic mass is 79.9. The van der Waals surface area contributed by atoms with Gasteiger partial charge in [-0.1, -0.05) is 0 Å². The molecule has 0 amide bonds. The second-order valence-electron chi connectivity index (χ2n) is 2.66. The first-order valence-corrected chi connectivity index (χ1v) is 5.90. The van der Waals surface area contributed by atoms with Crippen LogP contribution in [0.4, 0.5) is 0 Å². The van der Waals surface area contributed by atoms with Crippen LogP contribution in [-0.4, -0.2) is 12.6 Å². The minimum atomic E-state index is -0.659. The summed E-state index contributed by atoms with van der Waals surface area (Å²) in [5.74, 6) is -0.267. The highest BCUT2D eigenvalue weighted by molar-refractivity contribution is 9.13. The summed E-state index contributed by atoms with van der Waals surface area (Å²) in [4.78, 5) is 11.3. The Morgan fingerprint density at radius 1 is 1.69 bits per heavy atom. The highest BCUT2D eigenvalue weighted by Gasteiger charge is 2.12. The van der Waals surface area contributed by atoms with Gasteiger partial charge < -0.3 is 9.15 Å². The first-order chi connectivity index (χ1) is 7.58. The Kier molecular flexibility index (Phi) is 4.77. The van der Waals surface area contributed by atoms with Gasteiger partial charge in [-0.25, -0.2) is 4.79 Å². The van der Waals surface area contributed by atoms with Gasteiger partial charge >= 0.3 is 5.97 Å². The van der Waals surface area contributed by atoms with Crippen LogP contribution in [0.25, 0.3) is 6.08 Å². The minimum Gasteiger partial charge on any atom is -0.462 e. The molecule has 0 fully saturated rings. The van der Waals surface area contributed by atoms with Crippen molar-refractivity contribution in [3.05, 3.63) is 26.5 Å². The number of esters is 1. The topological polar surface area (TPSA) is 63.2 Å². The summed E-state index contributed by atoms with van der Waals surface area (Å²) in [6.07, 6.45) is 1.33. The maximum atomic E-state index is 11.3. The molecular weight excluding hydrogens is 342 g/mol. The molecule has 0 unspecified atom stereocenters. The number of carbonyl (C=O) groups excluding carboxylic acids is 1. The van der Waals surface area contributed by atoms with E-state index in [9.17, 15) is 4.79 Å². The Morgan fingerprint density at radius 2 is 2.38 bits per heavy atom. The van der Waals surface area contributed by atoms with E-state index in [0.29, 0.717) is 14.9 Å². The van der Waals surface area contributed by atoms with E-state index in [2.05, 4.69) is 31.9 Å². The fourth-order valence-electron chi connectivity index (χ4n) is 0.922. The zero-order valence-corrected chi connectivity index (χ0v) is 11.5. The Morgan fingerprint density at radius 3 is 2.81 bits per heavy atom. The lowest BCUT2D eigenvalue weighted by molar-refractivity contribution is -0.137. The molecule has 0 atom stereocenters. The predicted octanol–water partition coefficient (Wildman–Crippen LogP) is 3.27. The van der Waals surface area contributed by atoms with Crippen LogP contribution in [0.15, 0.2) is 25.2 Å². The van der Waals surface area contributed by atoms with Crippen LogP contribution in [-0.2, 0) is 9.53 Å². The van der Waals surface area contributed by atoms with Gasteiger partial charge in [0.1, 0.15) is 17.4 Å². The minimum absolute atomic E-state index is 0.101. The smallest absolute Gasteiger partial charge is 0.349 e. The Bertz CT molecular complexity index is 451. The normalized spacial score (nSPS) is 11.0. The Hall–Kier alpha value is -1.06. The van der Waals surface area contributed by atoms with E-state index in [1.165, 1.54) is 6.08 Å². The summed E-state index contributed by atoms with van der Waals surface area (Å²) in [6.45, 7) is 1.90. The fraction of sp³-hybridized carbons (Fsp3) is 0.200. The van der Waals surface area contributed by atoms with E-state index < -0.39 is 5.97 Å². The van der Waals surface area contributed by atoms with Crippen molar-refractivity contribution in [3.63, 3.8) is 0 Å². The first kappa shape index (κ1) is 13.0. The zero-order valence-electron chi connectivity index (χ0n) is 8.29. The monoisotopic (exact) mass is 347 g/mol. The Labute approximate surface area is 109 Å². The summed E-state index contributed by atoms with van der Waals surface area (Å²) >= 11 is 6.38. The van der Waals surface area contributed by atoms with E-state index >= 15 is 0 Å². The summed E-state index contributed by atoms with van der Waals surface area (Å²) in [5.41, 5.74) is -0.101. The highest BCUT2D eigenvalue weighted by Crippen LogP contribution is 2.27. The number of ether oxygens (including phenoxy) is 1. The second kappa shape index (κ2) is 5.87. The van der Waals surface area contributed by atoms with Crippen molar-refractivity contribution in [3.8, 4) is 6.07 Å². The van der Waals surface area contributed by atoms with Crippen molar-refractivity contribution in [2.24, 2.45) is 0 Å². The van der Waals surface area contributed by atoms with Crippen LogP contribution in [0.1, 0.15) is 12.7 Å². The molecule has 0 saturated heterocycles. The maximum Gasteiger partial charge on any atom is 0.349 e. The van der Waals surface area contributed by atoms with Gasteiger partial charge in [0.2, 0.25) is 0 Å². The van der Waals surface area contributed by atoms with E-state index in [4.69, 9.17) is 14.4 Å². The lowest BCUT2D eigenvalue weighted by atomic mass is 10.2. The van der Waals surface area contributed by atoms with Crippen molar-refractivity contribution in [2.75, 3.05) is 6.61 Å². The molecule has 1 aromatic rings. The van der Waals surface area contributed by atoms with E-state index in [-0.39, 0.29) is 12.2 Å². The molecule has 1 rings (SSSR count). The molecule has 4 nitrogen and oxygen atoms in total. The largest absolute Gasteiger partial charge is 0.462 e. The lowest BCUT2D eigenvalue weighted by Gasteiger charge is -1.97. The van der Waals surface area contributed by atoms with Crippen LogP contribution in [0.2, 0.25) is 0 Å². The molecule has 6 heteroatoms. The predicted molar refractivity (Wildman–Crippen MR) is 64.3 cm³/mol. The fourth-order valence-corrected chi connectivity index (χ4v) is 1.53. The number of hydrogen-bond donors (Lipinski definition) is 0. The van der Waals surface area contributed by atoms with Crippen LogP contribution in [0.3, 0.4) is 0 Å². The van der Waals surface area contributed by atoms with Gasteiger partial charge in [0.05, 0.1) is 11.1 Å². The molecular formula is C10H7Br2NO3. The number of hydrogen-bond acceptors (Lipinski definition) is 4. The molecule has 0 saturated carbocycles.